The lowest BCUT2D eigenvalue weighted by Crippen LogP contribution is -2.03. The fraction of sp³-hybridized carbons (Fsp3) is 0.0588. The number of hydrogen-bond donors (Lipinski definition) is 1. The van der Waals surface area contributed by atoms with Crippen LogP contribution in [0.2, 0.25) is 0 Å². The van der Waals surface area contributed by atoms with Crippen molar-refractivity contribution >= 4 is 21.7 Å². The van der Waals surface area contributed by atoms with Crippen LogP contribution in [0.4, 0.5) is 5.82 Å². The number of anilines is 1. The minimum atomic E-state index is 0.710. The van der Waals surface area contributed by atoms with E-state index in [9.17, 15) is 0 Å². The molecule has 0 amide bonds. The molecule has 21 heavy (non-hydrogen) atoms. The van der Waals surface area contributed by atoms with Crippen LogP contribution >= 0.6 is 15.9 Å². The predicted octanol–water partition coefficient (Wildman–Crippen LogP) is 4.52. The Morgan fingerprint density at radius 1 is 0.857 bits per heavy atom. The molecule has 0 aliphatic rings. The van der Waals surface area contributed by atoms with E-state index in [0.717, 1.165) is 10.4 Å². The Morgan fingerprint density at radius 2 is 1.62 bits per heavy atom. The van der Waals surface area contributed by atoms with Crippen LogP contribution in [0.25, 0.3) is 11.1 Å². The topological polar surface area (TPSA) is 37.8 Å². The largest absolute Gasteiger partial charge is 0.365 e. The zero-order valence-corrected chi connectivity index (χ0v) is 12.9. The van der Waals surface area contributed by atoms with Crippen molar-refractivity contribution in [3.05, 3.63) is 77.2 Å². The molecule has 3 rings (SSSR count). The maximum absolute atomic E-state index is 4.28. The highest BCUT2D eigenvalue weighted by Gasteiger charge is 2.04. The van der Waals surface area contributed by atoms with Crippen molar-refractivity contribution < 1.29 is 0 Å². The van der Waals surface area contributed by atoms with Gasteiger partial charge in [0.25, 0.3) is 0 Å². The van der Waals surface area contributed by atoms with Gasteiger partial charge in [0.2, 0.25) is 0 Å². The van der Waals surface area contributed by atoms with Crippen LogP contribution in [0.5, 0.6) is 0 Å². The summed E-state index contributed by atoms with van der Waals surface area (Å²) in [6, 6.07) is 18.8. The summed E-state index contributed by atoms with van der Waals surface area (Å²) in [5.74, 6) is 0.765. The number of halogens is 1. The average Bonchev–Trinajstić information content (AvgIpc) is 2.55. The molecule has 0 saturated heterocycles. The molecule has 0 spiro atoms. The Balaban J connectivity index is 1.81. The maximum Gasteiger partial charge on any atom is 0.144 e. The molecule has 0 radical (unpaired) electrons. The van der Waals surface area contributed by atoms with Gasteiger partial charge < -0.3 is 5.32 Å². The first kappa shape index (κ1) is 13.8. The van der Waals surface area contributed by atoms with E-state index in [2.05, 4.69) is 79.7 Å². The third-order valence-electron chi connectivity index (χ3n) is 3.18. The molecule has 0 atom stereocenters. The van der Waals surface area contributed by atoms with E-state index in [1.165, 1.54) is 16.7 Å². The molecule has 3 nitrogen and oxygen atoms in total. The van der Waals surface area contributed by atoms with Gasteiger partial charge in [0.15, 0.2) is 0 Å². The molecule has 0 bridgehead atoms. The zero-order valence-electron chi connectivity index (χ0n) is 11.3. The second kappa shape index (κ2) is 6.50. The molecule has 1 aromatic heterocycles. The van der Waals surface area contributed by atoms with Gasteiger partial charge in [-0.15, -0.1) is 0 Å². The minimum Gasteiger partial charge on any atom is -0.365 e. The molecule has 0 saturated carbocycles. The van der Waals surface area contributed by atoms with Gasteiger partial charge in [-0.1, -0.05) is 54.6 Å². The Bertz CT molecular complexity index is 712. The second-order valence-electron chi connectivity index (χ2n) is 4.60. The summed E-state index contributed by atoms with van der Waals surface area (Å²) in [7, 11) is 0. The number of nitrogens with one attached hydrogen (secondary N) is 1. The summed E-state index contributed by atoms with van der Waals surface area (Å²) >= 11 is 3.28. The number of aromatic nitrogens is 2. The third-order valence-corrected chi connectivity index (χ3v) is 3.59. The first-order chi connectivity index (χ1) is 10.3. The van der Waals surface area contributed by atoms with E-state index in [4.69, 9.17) is 0 Å². The molecule has 1 N–H and O–H groups in total. The number of nitrogens with zero attached hydrogens (tertiary/aromatic N) is 2. The van der Waals surface area contributed by atoms with Gasteiger partial charge >= 0.3 is 0 Å². The lowest BCUT2D eigenvalue weighted by molar-refractivity contribution is 1.08. The summed E-state index contributed by atoms with van der Waals surface area (Å²) in [5, 5.41) is 3.30. The Morgan fingerprint density at radius 3 is 2.38 bits per heavy atom. The molecule has 0 aliphatic carbocycles. The molecule has 1 heterocycles. The van der Waals surface area contributed by atoms with E-state index in [-0.39, 0.29) is 0 Å². The van der Waals surface area contributed by atoms with E-state index in [1.807, 2.05) is 6.07 Å². The molecule has 3 aromatic rings. The van der Waals surface area contributed by atoms with Crippen molar-refractivity contribution in [2.24, 2.45) is 0 Å². The summed E-state index contributed by atoms with van der Waals surface area (Å²) < 4.78 is 0.734. The Hall–Kier alpha value is -2.20. The zero-order chi connectivity index (χ0) is 14.5. The van der Waals surface area contributed by atoms with Crippen molar-refractivity contribution in [1.29, 1.82) is 0 Å². The van der Waals surface area contributed by atoms with E-state index in [0.29, 0.717) is 6.54 Å². The molecule has 0 unspecified atom stereocenters. The fourth-order valence-corrected chi connectivity index (χ4v) is 2.37. The number of benzene rings is 2. The highest BCUT2D eigenvalue weighted by atomic mass is 79.9. The predicted molar refractivity (Wildman–Crippen MR) is 88.9 cm³/mol. The van der Waals surface area contributed by atoms with Crippen molar-refractivity contribution in [3.63, 3.8) is 0 Å². The molecule has 0 fully saturated rings. The third kappa shape index (κ3) is 3.47. The summed E-state index contributed by atoms with van der Waals surface area (Å²) in [4.78, 5) is 8.44. The smallest absolute Gasteiger partial charge is 0.144 e. The van der Waals surface area contributed by atoms with E-state index in [1.54, 1.807) is 12.4 Å². The van der Waals surface area contributed by atoms with Gasteiger partial charge in [-0.05, 0) is 32.6 Å². The van der Waals surface area contributed by atoms with Gasteiger partial charge in [-0.2, -0.15) is 0 Å². The minimum absolute atomic E-state index is 0.710. The molecular formula is C17H14BrN3. The lowest BCUT2D eigenvalue weighted by atomic mass is 10.00. The van der Waals surface area contributed by atoms with Crippen LogP contribution in [0.1, 0.15) is 5.56 Å². The molecule has 2 aromatic carbocycles. The maximum atomic E-state index is 4.28. The Kier molecular flexibility index (Phi) is 4.26. The van der Waals surface area contributed by atoms with Gasteiger partial charge in [0, 0.05) is 6.54 Å². The van der Waals surface area contributed by atoms with Crippen LogP contribution in [0.15, 0.2) is 71.6 Å². The van der Waals surface area contributed by atoms with Crippen molar-refractivity contribution in [1.82, 2.24) is 9.97 Å². The number of hydrogen-bond acceptors (Lipinski definition) is 3. The highest BCUT2D eigenvalue weighted by molar-refractivity contribution is 9.10. The number of rotatable bonds is 4. The standard InChI is InChI=1S/C17H14BrN3/c18-16-11-21-17(12-19-16)20-10-14-8-4-5-9-15(14)13-6-2-1-3-7-13/h1-9,11-12H,10H2,(H,20,21). The Labute approximate surface area is 132 Å². The van der Waals surface area contributed by atoms with Crippen LogP contribution in [-0.4, -0.2) is 9.97 Å². The quantitative estimate of drug-likeness (QED) is 0.759. The average molecular weight is 340 g/mol. The van der Waals surface area contributed by atoms with E-state index < -0.39 is 0 Å². The van der Waals surface area contributed by atoms with Gasteiger partial charge in [-0.3, -0.25) is 0 Å². The second-order valence-corrected chi connectivity index (χ2v) is 5.41. The monoisotopic (exact) mass is 339 g/mol. The SMILES string of the molecule is Brc1cnc(NCc2ccccc2-c2ccccc2)cn1. The van der Waals surface area contributed by atoms with Crippen LogP contribution in [0, 0.1) is 0 Å². The van der Waals surface area contributed by atoms with Crippen molar-refractivity contribution in [2.45, 2.75) is 6.54 Å². The van der Waals surface area contributed by atoms with Crippen molar-refractivity contribution in [2.75, 3.05) is 5.32 Å². The molecule has 0 aliphatic heterocycles. The van der Waals surface area contributed by atoms with Crippen molar-refractivity contribution in [3.8, 4) is 11.1 Å². The van der Waals surface area contributed by atoms with Crippen LogP contribution in [-0.2, 0) is 6.54 Å². The summed E-state index contributed by atoms with van der Waals surface area (Å²) in [5.41, 5.74) is 3.68. The van der Waals surface area contributed by atoms with Gasteiger partial charge in [-0.25, -0.2) is 9.97 Å². The molecular weight excluding hydrogens is 326 g/mol. The molecule has 104 valence electrons. The summed E-state index contributed by atoms with van der Waals surface area (Å²) in [6.45, 7) is 0.710. The van der Waals surface area contributed by atoms with Gasteiger partial charge in [0.1, 0.15) is 10.4 Å². The van der Waals surface area contributed by atoms with E-state index >= 15 is 0 Å². The molecule has 4 heteroatoms. The van der Waals surface area contributed by atoms with Gasteiger partial charge in [0.05, 0.1) is 12.4 Å². The fourth-order valence-electron chi connectivity index (χ4n) is 2.16. The normalized spacial score (nSPS) is 10.3. The van der Waals surface area contributed by atoms with Crippen LogP contribution in [0.3, 0.4) is 0 Å². The summed E-state index contributed by atoms with van der Waals surface area (Å²) in [6.07, 6.45) is 3.40. The van der Waals surface area contributed by atoms with Crippen LogP contribution < -0.4 is 5.32 Å². The first-order valence-electron chi connectivity index (χ1n) is 6.68. The lowest BCUT2D eigenvalue weighted by Gasteiger charge is -2.11. The first-order valence-corrected chi connectivity index (χ1v) is 7.47. The highest BCUT2D eigenvalue weighted by Crippen LogP contribution is 2.23.